The smallest absolute Gasteiger partial charge is 0.276 e. The van der Waals surface area contributed by atoms with E-state index in [1.807, 2.05) is 50.3 Å². The monoisotopic (exact) mass is 414 g/mol. The molecule has 0 saturated carbocycles. The average molecular weight is 415 g/mol. The second-order valence-electron chi connectivity index (χ2n) is 6.51. The molecule has 2 amide bonds. The zero-order chi connectivity index (χ0) is 20.6. The number of carbonyl (C=O) groups excluding carboxylic acids is 2. The second kappa shape index (κ2) is 7.81. The number of benzene rings is 1. The van der Waals surface area contributed by atoms with Crippen molar-refractivity contribution in [2.24, 2.45) is 0 Å². The van der Waals surface area contributed by atoms with Gasteiger partial charge in [0.05, 0.1) is 0 Å². The Kier molecular flexibility index (Phi) is 5.62. The van der Waals surface area contributed by atoms with Crippen molar-refractivity contribution in [2.45, 2.75) is 13.8 Å². The summed E-state index contributed by atoms with van der Waals surface area (Å²) >= 11 is 10.7. The van der Waals surface area contributed by atoms with E-state index in [-0.39, 0.29) is 11.8 Å². The van der Waals surface area contributed by atoms with Crippen molar-refractivity contribution in [1.29, 1.82) is 0 Å². The minimum atomic E-state index is -0.103. The molecule has 0 radical (unpaired) electrons. The van der Waals surface area contributed by atoms with E-state index < -0.39 is 0 Å². The summed E-state index contributed by atoms with van der Waals surface area (Å²) in [6.07, 6.45) is 3.63. The van der Waals surface area contributed by atoms with Gasteiger partial charge in [0.1, 0.15) is 11.4 Å². The maximum atomic E-state index is 12.6. The topological polar surface area (TPSA) is 47.1 Å². The van der Waals surface area contributed by atoms with Gasteiger partial charge in [-0.3, -0.25) is 19.4 Å². The standard InChI is InChI=1S/C20H22N4O2S2/c1-5-23-17(25)15(21(3)19(23)27)11-13-8-7-9-14(10-13)12-16-18(26)24(6-2)20(28)22(16)4/h7-12H,5-6H2,1-4H3/b15-11-,16-12+. The van der Waals surface area contributed by atoms with Gasteiger partial charge in [-0.15, -0.1) is 0 Å². The lowest BCUT2D eigenvalue weighted by atomic mass is 10.1. The molecule has 0 N–H and O–H groups in total. The molecule has 1 aromatic rings. The zero-order valence-electron chi connectivity index (χ0n) is 16.3. The van der Waals surface area contributed by atoms with Crippen molar-refractivity contribution in [3.8, 4) is 0 Å². The Labute approximate surface area is 175 Å². The lowest BCUT2D eigenvalue weighted by Gasteiger charge is -2.13. The highest BCUT2D eigenvalue weighted by Crippen LogP contribution is 2.24. The largest absolute Gasteiger partial charge is 0.317 e. The summed E-state index contributed by atoms with van der Waals surface area (Å²) in [5, 5.41) is 1.01. The zero-order valence-corrected chi connectivity index (χ0v) is 17.9. The molecule has 0 spiro atoms. The molecular formula is C20H22N4O2S2. The molecular weight excluding hydrogens is 392 g/mol. The Morgan fingerprint density at radius 3 is 1.54 bits per heavy atom. The van der Waals surface area contributed by atoms with Crippen LogP contribution in [0.25, 0.3) is 12.2 Å². The molecule has 1 aromatic carbocycles. The first-order chi connectivity index (χ1) is 13.3. The molecule has 2 heterocycles. The summed E-state index contributed by atoms with van der Waals surface area (Å²) < 4.78 is 0. The van der Waals surface area contributed by atoms with Gasteiger partial charge >= 0.3 is 0 Å². The molecule has 28 heavy (non-hydrogen) atoms. The number of hydrogen-bond acceptors (Lipinski definition) is 4. The van der Waals surface area contributed by atoms with Crippen LogP contribution < -0.4 is 0 Å². The van der Waals surface area contributed by atoms with Gasteiger partial charge in [0.15, 0.2) is 10.2 Å². The number of likely N-dealkylation sites (N-methyl/N-ethyl adjacent to an activating group) is 4. The van der Waals surface area contributed by atoms with E-state index in [0.717, 1.165) is 11.1 Å². The van der Waals surface area contributed by atoms with Crippen LogP contribution in [0.2, 0.25) is 0 Å². The second-order valence-corrected chi connectivity index (χ2v) is 7.24. The van der Waals surface area contributed by atoms with E-state index in [1.165, 1.54) is 0 Å². The molecule has 0 bridgehead atoms. The summed E-state index contributed by atoms with van der Waals surface area (Å²) in [5.74, 6) is -0.207. The number of amides is 2. The molecule has 2 fully saturated rings. The van der Waals surface area contributed by atoms with Crippen molar-refractivity contribution in [2.75, 3.05) is 27.2 Å². The summed E-state index contributed by atoms with van der Waals surface area (Å²) in [5.41, 5.74) is 2.77. The Morgan fingerprint density at radius 1 is 0.821 bits per heavy atom. The Bertz CT molecular complexity index is 867. The first kappa shape index (κ1) is 20.2. The minimum Gasteiger partial charge on any atom is -0.317 e. The Balaban J connectivity index is 1.94. The molecule has 8 heteroatoms. The molecule has 2 aliphatic heterocycles. The Morgan fingerprint density at radius 2 is 1.21 bits per heavy atom. The summed E-state index contributed by atoms with van der Waals surface area (Å²) in [7, 11) is 3.58. The molecule has 0 aromatic heterocycles. The van der Waals surface area contributed by atoms with E-state index >= 15 is 0 Å². The highest BCUT2D eigenvalue weighted by Gasteiger charge is 2.35. The molecule has 0 unspecified atom stereocenters. The number of rotatable bonds is 4. The van der Waals surface area contributed by atoms with Crippen molar-refractivity contribution in [1.82, 2.24) is 19.6 Å². The third kappa shape index (κ3) is 3.33. The number of nitrogens with zero attached hydrogens (tertiary/aromatic N) is 4. The van der Waals surface area contributed by atoms with Crippen LogP contribution in [0.1, 0.15) is 25.0 Å². The van der Waals surface area contributed by atoms with Gasteiger partial charge in [0, 0.05) is 27.2 Å². The third-order valence-corrected chi connectivity index (χ3v) is 5.83. The van der Waals surface area contributed by atoms with Gasteiger partial charge in [-0.25, -0.2) is 0 Å². The molecule has 6 nitrogen and oxygen atoms in total. The maximum absolute atomic E-state index is 12.6. The van der Waals surface area contributed by atoms with E-state index in [2.05, 4.69) is 0 Å². The predicted octanol–water partition coefficient (Wildman–Crippen LogP) is 2.53. The first-order valence-corrected chi connectivity index (χ1v) is 9.84. The van der Waals surface area contributed by atoms with Gasteiger partial charge in [-0.2, -0.15) is 0 Å². The number of hydrogen-bond donors (Lipinski definition) is 0. The molecule has 2 aliphatic rings. The molecule has 3 rings (SSSR count). The van der Waals surface area contributed by atoms with E-state index in [4.69, 9.17) is 24.4 Å². The van der Waals surface area contributed by atoms with Gasteiger partial charge < -0.3 is 9.80 Å². The predicted molar refractivity (Wildman–Crippen MR) is 118 cm³/mol. The van der Waals surface area contributed by atoms with Gasteiger partial charge in [0.2, 0.25) is 0 Å². The lowest BCUT2D eigenvalue weighted by molar-refractivity contribution is -0.123. The fourth-order valence-electron chi connectivity index (χ4n) is 3.23. The van der Waals surface area contributed by atoms with Gasteiger partial charge in [-0.1, -0.05) is 18.2 Å². The van der Waals surface area contributed by atoms with Crippen molar-refractivity contribution in [3.05, 3.63) is 46.8 Å². The first-order valence-electron chi connectivity index (χ1n) is 9.02. The normalized spacial score (nSPS) is 20.6. The van der Waals surface area contributed by atoms with Crippen molar-refractivity contribution >= 4 is 58.6 Å². The quantitative estimate of drug-likeness (QED) is 0.557. The van der Waals surface area contributed by atoms with Crippen LogP contribution in [0.15, 0.2) is 35.7 Å². The molecule has 0 aliphatic carbocycles. The van der Waals surface area contributed by atoms with Crippen LogP contribution in [0, 0.1) is 0 Å². The van der Waals surface area contributed by atoms with E-state index in [1.54, 1.807) is 33.7 Å². The molecule has 146 valence electrons. The maximum Gasteiger partial charge on any atom is 0.276 e. The van der Waals surface area contributed by atoms with E-state index in [0.29, 0.717) is 34.7 Å². The van der Waals surface area contributed by atoms with Crippen LogP contribution in [-0.4, -0.2) is 68.8 Å². The molecule has 2 saturated heterocycles. The minimum absolute atomic E-state index is 0.103. The average Bonchev–Trinajstić information content (AvgIpc) is 3.01. The van der Waals surface area contributed by atoms with Crippen LogP contribution in [0.4, 0.5) is 0 Å². The summed E-state index contributed by atoms with van der Waals surface area (Å²) in [4.78, 5) is 31.7. The van der Waals surface area contributed by atoms with Gasteiger partial charge in [-0.05, 0) is 67.6 Å². The summed E-state index contributed by atoms with van der Waals surface area (Å²) in [6.45, 7) is 4.86. The van der Waals surface area contributed by atoms with Gasteiger partial charge in [0.25, 0.3) is 11.8 Å². The van der Waals surface area contributed by atoms with Crippen LogP contribution in [0.5, 0.6) is 0 Å². The summed E-state index contributed by atoms with van der Waals surface area (Å²) in [6, 6.07) is 7.65. The van der Waals surface area contributed by atoms with Crippen LogP contribution in [-0.2, 0) is 9.59 Å². The van der Waals surface area contributed by atoms with Crippen molar-refractivity contribution in [3.63, 3.8) is 0 Å². The van der Waals surface area contributed by atoms with Crippen LogP contribution >= 0.6 is 24.4 Å². The SMILES string of the molecule is CCN1C(=O)/C(=C/c2cccc(/C=C3\C(=O)N(CC)C(=S)N3C)c2)N(C)C1=S. The highest BCUT2D eigenvalue weighted by molar-refractivity contribution is 7.80. The third-order valence-electron chi connectivity index (χ3n) is 4.84. The fraction of sp³-hybridized carbons (Fsp3) is 0.300. The van der Waals surface area contributed by atoms with Crippen molar-refractivity contribution < 1.29 is 9.59 Å². The van der Waals surface area contributed by atoms with Crippen LogP contribution in [0.3, 0.4) is 0 Å². The molecule has 0 atom stereocenters. The van der Waals surface area contributed by atoms with E-state index in [9.17, 15) is 9.59 Å². The Hall–Kier alpha value is -2.58. The number of thiocarbonyl (C=S) groups is 2. The lowest BCUT2D eigenvalue weighted by Crippen LogP contribution is -2.30. The highest BCUT2D eigenvalue weighted by atomic mass is 32.1. The number of carbonyl (C=O) groups is 2. The fourth-order valence-corrected chi connectivity index (χ4v) is 3.86.